The number of benzene rings is 1. The highest BCUT2D eigenvalue weighted by Crippen LogP contribution is 2.35. The molecular weight excluding hydrogens is 497 g/mol. The number of H-pyrrole nitrogens is 1. The first-order chi connectivity index (χ1) is 13.7. The molecule has 7 heteroatoms. The standard InChI is InChI=1S/C22H30IN3O2S/c1-14-8-15(2)10-18(9-14)29-21-19(16(3)24-22(27)20(21)23)13-26-6-7-28-17(12-26)11-25(4)5/h8-10,17H,6-7,11-13H2,1-5H3,(H,24,27). The number of halogens is 1. The molecule has 0 radical (unpaired) electrons. The molecule has 0 amide bonds. The predicted octanol–water partition coefficient (Wildman–Crippen LogP) is 3.82. The van der Waals surface area contributed by atoms with Crippen molar-refractivity contribution in [1.29, 1.82) is 0 Å². The fourth-order valence-corrected chi connectivity index (χ4v) is 5.82. The smallest absolute Gasteiger partial charge is 0.262 e. The number of hydrogen-bond acceptors (Lipinski definition) is 5. The van der Waals surface area contributed by atoms with Gasteiger partial charge in [0.25, 0.3) is 5.56 Å². The average molecular weight is 527 g/mol. The summed E-state index contributed by atoms with van der Waals surface area (Å²) in [4.78, 5) is 22.4. The Morgan fingerprint density at radius 1 is 1.24 bits per heavy atom. The first kappa shape index (κ1) is 22.8. The number of hydrogen-bond donors (Lipinski definition) is 1. The lowest BCUT2D eigenvalue weighted by Crippen LogP contribution is -2.46. The molecule has 1 aromatic heterocycles. The van der Waals surface area contributed by atoms with Crippen LogP contribution in [0.25, 0.3) is 0 Å². The van der Waals surface area contributed by atoms with Crippen molar-refractivity contribution < 1.29 is 4.74 Å². The van der Waals surface area contributed by atoms with E-state index < -0.39 is 0 Å². The second-order valence-electron chi connectivity index (χ2n) is 8.12. The molecule has 1 aliphatic rings. The minimum absolute atomic E-state index is 0.00816. The number of aromatic amines is 1. The van der Waals surface area contributed by atoms with Crippen molar-refractivity contribution in [2.45, 2.75) is 43.2 Å². The molecule has 1 unspecified atom stereocenters. The Morgan fingerprint density at radius 3 is 2.59 bits per heavy atom. The number of likely N-dealkylation sites (N-methyl/N-ethyl adjacent to an activating group) is 1. The number of ether oxygens (including phenoxy) is 1. The van der Waals surface area contributed by atoms with Crippen molar-refractivity contribution in [3.05, 3.63) is 54.5 Å². The van der Waals surface area contributed by atoms with E-state index in [-0.39, 0.29) is 11.7 Å². The van der Waals surface area contributed by atoms with Gasteiger partial charge in [0.2, 0.25) is 0 Å². The molecule has 5 nitrogen and oxygen atoms in total. The molecule has 158 valence electrons. The Bertz CT molecular complexity index is 909. The lowest BCUT2D eigenvalue weighted by Gasteiger charge is -2.34. The minimum Gasteiger partial charge on any atom is -0.374 e. The fraction of sp³-hybridized carbons (Fsp3) is 0.500. The van der Waals surface area contributed by atoms with Crippen LogP contribution in [0.4, 0.5) is 0 Å². The van der Waals surface area contributed by atoms with Gasteiger partial charge in [0.1, 0.15) is 0 Å². The van der Waals surface area contributed by atoms with E-state index >= 15 is 0 Å². The maximum absolute atomic E-state index is 12.5. The molecule has 1 N–H and O–H groups in total. The van der Waals surface area contributed by atoms with Gasteiger partial charge in [-0.15, -0.1) is 0 Å². The third-order valence-electron chi connectivity index (χ3n) is 5.02. The summed E-state index contributed by atoms with van der Waals surface area (Å²) in [5, 5.41) is 0. The van der Waals surface area contributed by atoms with E-state index in [1.165, 1.54) is 21.6 Å². The maximum Gasteiger partial charge on any atom is 0.262 e. The van der Waals surface area contributed by atoms with Crippen LogP contribution < -0.4 is 5.56 Å². The van der Waals surface area contributed by atoms with Gasteiger partial charge in [0.15, 0.2) is 0 Å². The number of morpholine rings is 1. The van der Waals surface area contributed by atoms with Gasteiger partial charge in [-0.3, -0.25) is 9.69 Å². The summed E-state index contributed by atoms with van der Waals surface area (Å²) in [5.41, 5.74) is 4.64. The molecule has 0 aliphatic carbocycles. The zero-order valence-electron chi connectivity index (χ0n) is 17.8. The quantitative estimate of drug-likeness (QED) is 0.580. The molecule has 1 fully saturated rings. The molecule has 1 aliphatic heterocycles. The van der Waals surface area contributed by atoms with E-state index in [9.17, 15) is 4.79 Å². The van der Waals surface area contributed by atoms with Crippen LogP contribution in [0.2, 0.25) is 0 Å². The van der Waals surface area contributed by atoms with E-state index in [1.54, 1.807) is 11.8 Å². The van der Waals surface area contributed by atoms with E-state index in [2.05, 4.69) is 83.5 Å². The molecule has 1 aromatic carbocycles. The van der Waals surface area contributed by atoms with Crippen LogP contribution in [0.1, 0.15) is 22.4 Å². The number of pyridine rings is 1. The Morgan fingerprint density at radius 2 is 1.93 bits per heavy atom. The van der Waals surface area contributed by atoms with Crippen molar-refractivity contribution in [2.24, 2.45) is 0 Å². The molecule has 2 aromatic rings. The lowest BCUT2D eigenvalue weighted by molar-refractivity contribution is -0.0409. The molecule has 29 heavy (non-hydrogen) atoms. The zero-order valence-corrected chi connectivity index (χ0v) is 20.8. The number of nitrogens with one attached hydrogen (secondary N) is 1. The van der Waals surface area contributed by atoms with E-state index in [1.807, 2.05) is 6.92 Å². The van der Waals surface area contributed by atoms with Gasteiger partial charge in [-0.25, -0.2) is 0 Å². The van der Waals surface area contributed by atoms with Gasteiger partial charge < -0.3 is 14.6 Å². The fourth-order valence-electron chi connectivity index (χ4n) is 3.78. The largest absolute Gasteiger partial charge is 0.374 e. The summed E-state index contributed by atoms with van der Waals surface area (Å²) in [6.45, 7) is 10.5. The Balaban J connectivity index is 1.90. The summed E-state index contributed by atoms with van der Waals surface area (Å²) >= 11 is 3.90. The third-order valence-corrected chi connectivity index (χ3v) is 7.54. The van der Waals surface area contributed by atoms with Gasteiger partial charge in [0.05, 0.1) is 16.3 Å². The number of aryl methyl sites for hydroxylation is 3. The lowest BCUT2D eigenvalue weighted by atomic mass is 10.1. The SMILES string of the molecule is Cc1cc(C)cc(Sc2c(CN3CCOC(CN(C)C)C3)c(C)[nH]c(=O)c2I)c1. The molecule has 1 saturated heterocycles. The molecule has 2 heterocycles. The van der Waals surface area contributed by atoms with Crippen LogP contribution in [0.5, 0.6) is 0 Å². The van der Waals surface area contributed by atoms with Crippen molar-refractivity contribution in [2.75, 3.05) is 40.3 Å². The number of aromatic nitrogens is 1. The topological polar surface area (TPSA) is 48.6 Å². The summed E-state index contributed by atoms with van der Waals surface area (Å²) < 4.78 is 6.70. The van der Waals surface area contributed by atoms with E-state index in [0.717, 1.165) is 46.9 Å². The summed E-state index contributed by atoms with van der Waals surface area (Å²) in [5.74, 6) is 0. The molecule has 0 bridgehead atoms. The van der Waals surface area contributed by atoms with E-state index in [0.29, 0.717) is 0 Å². The van der Waals surface area contributed by atoms with Gasteiger partial charge in [-0.1, -0.05) is 17.8 Å². The molecule has 0 saturated carbocycles. The zero-order chi connectivity index (χ0) is 21.1. The van der Waals surface area contributed by atoms with Gasteiger partial charge in [-0.05, 0) is 80.7 Å². The monoisotopic (exact) mass is 527 g/mol. The second kappa shape index (κ2) is 9.96. The summed E-state index contributed by atoms with van der Waals surface area (Å²) in [6.07, 6.45) is 0.219. The van der Waals surface area contributed by atoms with Crippen LogP contribution in [0.3, 0.4) is 0 Å². The Hall–Kier alpha value is -0.870. The van der Waals surface area contributed by atoms with E-state index in [4.69, 9.17) is 4.74 Å². The third kappa shape index (κ3) is 6.07. The minimum atomic E-state index is -0.00816. The summed E-state index contributed by atoms with van der Waals surface area (Å²) in [7, 11) is 4.16. The average Bonchev–Trinajstić information content (AvgIpc) is 2.61. The summed E-state index contributed by atoms with van der Waals surface area (Å²) in [6, 6.07) is 6.56. The Kier molecular flexibility index (Phi) is 7.83. The Labute approximate surface area is 191 Å². The van der Waals surface area contributed by atoms with Crippen LogP contribution in [0, 0.1) is 24.3 Å². The van der Waals surface area contributed by atoms with Crippen molar-refractivity contribution >= 4 is 34.4 Å². The van der Waals surface area contributed by atoms with Crippen LogP contribution in [-0.4, -0.2) is 61.2 Å². The first-order valence-electron chi connectivity index (χ1n) is 9.89. The predicted molar refractivity (Wildman–Crippen MR) is 128 cm³/mol. The van der Waals surface area contributed by atoms with Crippen molar-refractivity contribution in [3.8, 4) is 0 Å². The molecular formula is C22H30IN3O2S. The van der Waals surface area contributed by atoms with Gasteiger partial charge >= 0.3 is 0 Å². The highest BCUT2D eigenvalue weighted by molar-refractivity contribution is 14.1. The van der Waals surface area contributed by atoms with Gasteiger partial charge in [0, 0.05) is 47.2 Å². The normalized spacial score (nSPS) is 17.8. The second-order valence-corrected chi connectivity index (χ2v) is 10.3. The van der Waals surface area contributed by atoms with Crippen LogP contribution in [0.15, 0.2) is 32.8 Å². The highest BCUT2D eigenvalue weighted by Gasteiger charge is 2.24. The maximum atomic E-state index is 12.5. The van der Waals surface area contributed by atoms with Crippen LogP contribution in [-0.2, 0) is 11.3 Å². The molecule has 1 atom stereocenters. The molecule has 3 rings (SSSR count). The number of nitrogens with zero attached hydrogens (tertiary/aromatic N) is 2. The van der Waals surface area contributed by atoms with Crippen LogP contribution >= 0.6 is 34.4 Å². The highest BCUT2D eigenvalue weighted by atomic mass is 127. The number of rotatable bonds is 6. The molecule has 0 spiro atoms. The van der Waals surface area contributed by atoms with Crippen molar-refractivity contribution in [1.82, 2.24) is 14.8 Å². The van der Waals surface area contributed by atoms with Gasteiger partial charge in [-0.2, -0.15) is 0 Å². The van der Waals surface area contributed by atoms with Crippen molar-refractivity contribution in [3.63, 3.8) is 0 Å². The first-order valence-corrected chi connectivity index (χ1v) is 11.8.